The van der Waals surface area contributed by atoms with Crippen molar-refractivity contribution >= 4 is 23.5 Å². The van der Waals surface area contributed by atoms with Crippen molar-refractivity contribution in [1.82, 2.24) is 16.0 Å². The van der Waals surface area contributed by atoms with E-state index < -0.39 is 23.5 Å². The van der Waals surface area contributed by atoms with Crippen molar-refractivity contribution in [3.05, 3.63) is 29.8 Å². The first-order valence-electron chi connectivity index (χ1n) is 7.80. The molecule has 0 bridgehead atoms. The molecule has 2 saturated heterocycles. The summed E-state index contributed by atoms with van der Waals surface area (Å²) in [6.45, 7) is 4.65. The molecule has 0 spiro atoms. The lowest BCUT2D eigenvalue weighted by Gasteiger charge is -2.29. The second-order valence-corrected chi connectivity index (χ2v) is 6.11. The lowest BCUT2D eigenvalue weighted by atomic mass is 9.92. The van der Waals surface area contributed by atoms with Crippen LogP contribution in [0.1, 0.15) is 19.4 Å². The molecule has 0 saturated carbocycles. The zero-order valence-electron chi connectivity index (χ0n) is 13.5. The number of imide groups is 1. The molecule has 3 atom stereocenters. The van der Waals surface area contributed by atoms with E-state index in [0.717, 1.165) is 0 Å². The van der Waals surface area contributed by atoms with Gasteiger partial charge in [-0.25, -0.2) is 4.79 Å². The van der Waals surface area contributed by atoms with Gasteiger partial charge in [0.1, 0.15) is 11.6 Å². The molecule has 2 aliphatic rings. The summed E-state index contributed by atoms with van der Waals surface area (Å²) < 4.78 is 5.47. The highest BCUT2D eigenvalue weighted by atomic mass is 16.5. The van der Waals surface area contributed by atoms with Crippen LogP contribution in [0.25, 0.3) is 0 Å². The number of anilines is 1. The molecule has 128 valence electrons. The van der Waals surface area contributed by atoms with Gasteiger partial charge in [-0.05, 0) is 31.5 Å². The fourth-order valence-electron chi connectivity index (χ4n) is 2.90. The first-order chi connectivity index (χ1) is 11.4. The Bertz CT molecular complexity index is 692. The first kappa shape index (κ1) is 16.4. The van der Waals surface area contributed by atoms with Gasteiger partial charge in [-0.1, -0.05) is 12.1 Å². The summed E-state index contributed by atoms with van der Waals surface area (Å²) in [5, 5.41) is 10.8. The van der Waals surface area contributed by atoms with Crippen LogP contribution < -0.4 is 21.3 Å². The van der Waals surface area contributed by atoms with Gasteiger partial charge in [-0.2, -0.15) is 0 Å². The third-order valence-electron chi connectivity index (χ3n) is 4.35. The molecule has 2 aliphatic heterocycles. The highest BCUT2D eigenvalue weighted by molar-refractivity contribution is 6.07. The zero-order valence-corrected chi connectivity index (χ0v) is 13.5. The highest BCUT2D eigenvalue weighted by Crippen LogP contribution is 2.26. The van der Waals surface area contributed by atoms with Crippen molar-refractivity contribution in [2.45, 2.75) is 31.5 Å². The summed E-state index contributed by atoms with van der Waals surface area (Å²) in [6.07, 6.45) is -0.223. The summed E-state index contributed by atoms with van der Waals surface area (Å²) >= 11 is 0. The Balaban J connectivity index is 1.77. The fraction of sp³-hybridized carbons (Fsp3) is 0.438. The molecule has 0 aliphatic carbocycles. The second-order valence-electron chi connectivity index (χ2n) is 6.11. The third kappa shape index (κ3) is 2.98. The smallest absolute Gasteiger partial charge is 0.322 e. The van der Waals surface area contributed by atoms with E-state index in [4.69, 9.17) is 4.74 Å². The van der Waals surface area contributed by atoms with E-state index in [0.29, 0.717) is 24.4 Å². The predicted octanol–water partition coefficient (Wildman–Crippen LogP) is 0.0566. The van der Waals surface area contributed by atoms with E-state index in [1.807, 2.05) is 6.92 Å². The lowest BCUT2D eigenvalue weighted by molar-refractivity contribution is -0.124. The van der Waals surface area contributed by atoms with Gasteiger partial charge >= 0.3 is 6.03 Å². The molecule has 3 rings (SSSR count). The summed E-state index contributed by atoms with van der Waals surface area (Å²) in [5.41, 5.74) is -0.0195. The number of nitrogens with one attached hydrogen (secondary N) is 4. The van der Waals surface area contributed by atoms with Gasteiger partial charge in [0, 0.05) is 12.2 Å². The number of benzene rings is 1. The second kappa shape index (κ2) is 6.21. The van der Waals surface area contributed by atoms with Crippen LogP contribution >= 0.6 is 0 Å². The Morgan fingerprint density at radius 3 is 2.83 bits per heavy atom. The molecule has 0 radical (unpaired) electrons. The van der Waals surface area contributed by atoms with Crippen LogP contribution in [0.5, 0.6) is 0 Å². The SMILES string of the molecule is C[C@H]1OCCN[C@@H]1C(=O)Nc1cccc(C2(C)NC(=O)NC2=O)c1. The Labute approximate surface area is 139 Å². The number of morpholine rings is 1. The van der Waals surface area contributed by atoms with Crippen molar-refractivity contribution in [1.29, 1.82) is 0 Å². The quantitative estimate of drug-likeness (QED) is 0.585. The van der Waals surface area contributed by atoms with Gasteiger partial charge in [0.05, 0.1) is 12.7 Å². The Hall–Kier alpha value is -2.45. The number of rotatable bonds is 3. The molecule has 1 aromatic carbocycles. The van der Waals surface area contributed by atoms with E-state index >= 15 is 0 Å². The average Bonchev–Trinajstić information content (AvgIpc) is 2.81. The summed E-state index contributed by atoms with van der Waals surface area (Å²) in [5.74, 6) is -0.628. The van der Waals surface area contributed by atoms with Gasteiger partial charge in [-0.15, -0.1) is 0 Å². The van der Waals surface area contributed by atoms with Gasteiger partial charge < -0.3 is 20.7 Å². The van der Waals surface area contributed by atoms with Crippen LogP contribution in [0.4, 0.5) is 10.5 Å². The van der Waals surface area contributed by atoms with Crippen molar-refractivity contribution in [3.63, 3.8) is 0 Å². The number of amides is 4. The standard InChI is InChI=1S/C16H20N4O4/c1-9-12(17-6-7-24-9)13(21)18-11-5-3-4-10(8-11)16(2)14(22)19-15(23)20-16/h3-5,8-9,12,17H,6-7H2,1-2H3,(H,18,21)(H2,19,20,22,23)/t9-,12+,16?/m1/s1. The molecule has 8 nitrogen and oxygen atoms in total. The minimum Gasteiger partial charge on any atom is -0.375 e. The van der Waals surface area contributed by atoms with E-state index in [-0.39, 0.29) is 12.0 Å². The van der Waals surface area contributed by atoms with Crippen LogP contribution in [0.15, 0.2) is 24.3 Å². The summed E-state index contributed by atoms with van der Waals surface area (Å²) in [7, 11) is 0. The van der Waals surface area contributed by atoms with Crippen molar-refractivity contribution < 1.29 is 19.1 Å². The first-order valence-corrected chi connectivity index (χ1v) is 7.80. The fourth-order valence-corrected chi connectivity index (χ4v) is 2.90. The number of ether oxygens (including phenoxy) is 1. The summed E-state index contributed by atoms with van der Waals surface area (Å²) in [6, 6.07) is 5.89. The third-order valence-corrected chi connectivity index (χ3v) is 4.35. The Morgan fingerprint density at radius 1 is 1.38 bits per heavy atom. The molecule has 2 fully saturated rings. The molecular formula is C16H20N4O4. The molecule has 2 heterocycles. The van der Waals surface area contributed by atoms with Crippen LogP contribution in [-0.2, 0) is 19.9 Å². The molecule has 8 heteroatoms. The zero-order chi connectivity index (χ0) is 17.3. The Morgan fingerprint density at radius 2 is 2.17 bits per heavy atom. The molecule has 4 amide bonds. The predicted molar refractivity (Wildman–Crippen MR) is 86.3 cm³/mol. The van der Waals surface area contributed by atoms with Gasteiger partial charge in [0.2, 0.25) is 5.91 Å². The summed E-state index contributed by atoms with van der Waals surface area (Å²) in [4.78, 5) is 35.8. The van der Waals surface area contributed by atoms with E-state index in [2.05, 4.69) is 21.3 Å². The van der Waals surface area contributed by atoms with Crippen LogP contribution in [-0.4, -0.2) is 43.1 Å². The molecule has 4 N–H and O–H groups in total. The van der Waals surface area contributed by atoms with Gasteiger partial charge in [-0.3, -0.25) is 14.9 Å². The maximum atomic E-state index is 12.4. The lowest BCUT2D eigenvalue weighted by Crippen LogP contribution is -2.53. The largest absolute Gasteiger partial charge is 0.375 e. The average molecular weight is 332 g/mol. The topological polar surface area (TPSA) is 109 Å². The molecular weight excluding hydrogens is 312 g/mol. The molecule has 1 unspecified atom stereocenters. The molecule has 1 aromatic rings. The van der Waals surface area contributed by atoms with Crippen molar-refractivity contribution in [2.24, 2.45) is 0 Å². The normalized spacial score (nSPS) is 29.8. The van der Waals surface area contributed by atoms with E-state index in [1.165, 1.54) is 0 Å². The van der Waals surface area contributed by atoms with E-state index in [9.17, 15) is 14.4 Å². The van der Waals surface area contributed by atoms with Crippen molar-refractivity contribution in [2.75, 3.05) is 18.5 Å². The van der Waals surface area contributed by atoms with Crippen LogP contribution in [0.3, 0.4) is 0 Å². The monoisotopic (exact) mass is 332 g/mol. The maximum absolute atomic E-state index is 12.4. The number of carbonyl (C=O) groups excluding carboxylic acids is 3. The van der Waals surface area contributed by atoms with Crippen LogP contribution in [0, 0.1) is 0 Å². The number of hydrogen-bond donors (Lipinski definition) is 4. The maximum Gasteiger partial charge on any atom is 0.322 e. The molecule has 0 aromatic heterocycles. The van der Waals surface area contributed by atoms with Gasteiger partial charge in [0.15, 0.2) is 0 Å². The van der Waals surface area contributed by atoms with Crippen molar-refractivity contribution in [3.8, 4) is 0 Å². The highest BCUT2D eigenvalue weighted by Gasteiger charge is 2.43. The molecule has 24 heavy (non-hydrogen) atoms. The van der Waals surface area contributed by atoms with Crippen LogP contribution in [0.2, 0.25) is 0 Å². The minimum absolute atomic E-state index is 0.204. The minimum atomic E-state index is -1.16. The number of carbonyl (C=O) groups is 3. The van der Waals surface area contributed by atoms with Gasteiger partial charge in [0.25, 0.3) is 5.91 Å². The number of urea groups is 1. The Kier molecular flexibility index (Phi) is 4.25. The number of hydrogen-bond acceptors (Lipinski definition) is 5. The van der Waals surface area contributed by atoms with E-state index in [1.54, 1.807) is 31.2 Å².